The van der Waals surface area contributed by atoms with Crippen LogP contribution in [-0.2, 0) is 0 Å². The maximum atomic E-state index is 3.43. The molecule has 0 fully saturated rings. The molecule has 0 aliphatic heterocycles. The molecule has 25 heavy (non-hydrogen) atoms. The van der Waals surface area contributed by atoms with Gasteiger partial charge in [-0.05, 0) is 50.0 Å². The minimum atomic E-state index is 1.18. The van der Waals surface area contributed by atoms with Crippen LogP contribution >= 0.6 is 0 Å². The molecule has 1 heterocycles. The highest BCUT2D eigenvalue weighted by molar-refractivity contribution is 6.27. The van der Waals surface area contributed by atoms with E-state index in [1.54, 1.807) is 0 Å². The van der Waals surface area contributed by atoms with Gasteiger partial charge in [-0.2, -0.15) is 0 Å². The molecule has 0 bridgehead atoms. The average Bonchev–Trinajstić information content (AvgIpc) is 3.10. The van der Waals surface area contributed by atoms with Crippen molar-refractivity contribution >= 4 is 43.2 Å². The Morgan fingerprint density at radius 3 is 2.16 bits per heavy atom. The van der Waals surface area contributed by atoms with Crippen molar-refractivity contribution in [3.05, 3.63) is 85.1 Å². The van der Waals surface area contributed by atoms with E-state index in [9.17, 15) is 0 Å². The predicted molar refractivity (Wildman–Crippen MR) is 107 cm³/mol. The van der Waals surface area contributed by atoms with Crippen molar-refractivity contribution < 1.29 is 0 Å². The topological polar surface area (TPSA) is 15.8 Å². The van der Waals surface area contributed by atoms with Crippen LogP contribution in [0.4, 0.5) is 0 Å². The molecule has 0 amide bonds. The monoisotopic (exact) mass is 317 g/mol. The molecular weight excluding hydrogens is 302 g/mol. The summed E-state index contributed by atoms with van der Waals surface area (Å²) in [6.07, 6.45) is 2.14. The van der Waals surface area contributed by atoms with Gasteiger partial charge in [0.15, 0.2) is 0 Å². The van der Waals surface area contributed by atoms with Crippen molar-refractivity contribution in [3.8, 4) is 11.1 Å². The fourth-order valence-electron chi connectivity index (χ4n) is 4.28. The van der Waals surface area contributed by atoms with Gasteiger partial charge in [0.2, 0.25) is 0 Å². The first-order chi connectivity index (χ1) is 12.4. The smallest absolute Gasteiger partial charge is 0.0460 e. The van der Waals surface area contributed by atoms with Crippen molar-refractivity contribution in [1.29, 1.82) is 0 Å². The van der Waals surface area contributed by atoms with E-state index in [1.807, 2.05) is 0 Å². The SMILES string of the molecule is c1cc2ccc3cccc4c(-c5c[nH]c6ccccc56)cc(c1)c2c34. The van der Waals surface area contributed by atoms with Crippen molar-refractivity contribution in [3.63, 3.8) is 0 Å². The highest BCUT2D eigenvalue weighted by Gasteiger charge is 2.14. The Hall–Kier alpha value is -3.32. The number of rotatable bonds is 1. The molecule has 6 rings (SSSR count). The quantitative estimate of drug-likeness (QED) is 0.323. The fourth-order valence-corrected chi connectivity index (χ4v) is 4.28. The molecule has 0 aliphatic rings. The zero-order chi connectivity index (χ0) is 16.4. The number of hydrogen-bond acceptors (Lipinski definition) is 0. The summed E-state index contributed by atoms with van der Waals surface area (Å²) in [4.78, 5) is 3.43. The summed E-state index contributed by atoms with van der Waals surface area (Å²) in [6.45, 7) is 0. The normalized spacial score (nSPS) is 12.0. The third kappa shape index (κ3) is 1.67. The fraction of sp³-hybridized carbons (Fsp3) is 0. The van der Waals surface area contributed by atoms with E-state index in [4.69, 9.17) is 0 Å². The van der Waals surface area contributed by atoms with Crippen molar-refractivity contribution in [1.82, 2.24) is 4.98 Å². The van der Waals surface area contributed by atoms with E-state index in [0.717, 1.165) is 0 Å². The number of nitrogens with one attached hydrogen (secondary N) is 1. The van der Waals surface area contributed by atoms with E-state index in [-0.39, 0.29) is 0 Å². The van der Waals surface area contributed by atoms with Gasteiger partial charge in [0.25, 0.3) is 0 Å². The predicted octanol–water partition coefficient (Wildman–Crippen LogP) is 6.73. The number of H-pyrrole nitrogens is 1. The van der Waals surface area contributed by atoms with Crippen molar-refractivity contribution in [2.24, 2.45) is 0 Å². The Balaban J connectivity index is 1.87. The zero-order valence-electron chi connectivity index (χ0n) is 13.6. The maximum absolute atomic E-state index is 3.43. The van der Waals surface area contributed by atoms with Crippen LogP contribution in [0.2, 0.25) is 0 Å². The second-order valence-electron chi connectivity index (χ2n) is 6.72. The largest absolute Gasteiger partial charge is 0.361 e. The molecular formula is C24H15N. The van der Waals surface area contributed by atoms with Crippen LogP contribution < -0.4 is 0 Å². The van der Waals surface area contributed by atoms with Gasteiger partial charge >= 0.3 is 0 Å². The molecule has 0 saturated heterocycles. The molecule has 5 aromatic carbocycles. The minimum absolute atomic E-state index is 1.18. The van der Waals surface area contributed by atoms with Gasteiger partial charge < -0.3 is 4.98 Å². The van der Waals surface area contributed by atoms with Crippen LogP contribution in [-0.4, -0.2) is 4.98 Å². The van der Waals surface area contributed by atoms with Gasteiger partial charge in [0, 0.05) is 22.7 Å². The Morgan fingerprint density at radius 1 is 0.520 bits per heavy atom. The molecule has 1 nitrogen and oxygen atoms in total. The van der Waals surface area contributed by atoms with Crippen LogP contribution in [0.3, 0.4) is 0 Å². The first kappa shape index (κ1) is 13.0. The van der Waals surface area contributed by atoms with Gasteiger partial charge in [-0.3, -0.25) is 0 Å². The summed E-state index contributed by atoms with van der Waals surface area (Å²) in [5.41, 5.74) is 3.76. The molecule has 6 aromatic rings. The molecule has 0 saturated carbocycles. The molecule has 0 spiro atoms. The lowest BCUT2D eigenvalue weighted by atomic mass is 9.89. The third-order valence-corrected chi connectivity index (χ3v) is 5.39. The number of aromatic amines is 1. The summed E-state index contributed by atoms with van der Waals surface area (Å²) < 4.78 is 0. The molecule has 0 aliphatic carbocycles. The van der Waals surface area contributed by atoms with E-state index in [0.29, 0.717) is 0 Å². The van der Waals surface area contributed by atoms with E-state index >= 15 is 0 Å². The first-order valence-electron chi connectivity index (χ1n) is 8.63. The van der Waals surface area contributed by atoms with Gasteiger partial charge in [-0.15, -0.1) is 0 Å². The lowest BCUT2D eigenvalue weighted by Gasteiger charge is -2.14. The number of benzene rings is 5. The molecule has 0 unspecified atom stereocenters. The van der Waals surface area contributed by atoms with Gasteiger partial charge in [0.1, 0.15) is 0 Å². The second-order valence-corrected chi connectivity index (χ2v) is 6.72. The molecule has 116 valence electrons. The van der Waals surface area contributed by atoms with Crippen molar-refractivity contribution in [2.75, 3.05) is 0 Å². The first-order valence-corrected chi connectivity index (χ1v) is 8.63. The molecule has 0 radical (unpaired) electrons. The lowest BCUT2D eigenvalue weighted by Crippen LogP contribution is -1.87. The Labute approximate surface area is 144 Å². The molecule has 1 aromatic heterocycles. The minimum Gasteiger partial charge on any atom is -0.361 e. The standard InChI is InChI=1S/C24H15N/c1-2-10-22-18(8-1)21(14-25-22)20-13-17-7-3-5-15-11-12-16-6-4-9-19(20)24(16)23(15)17/h1-14,25H. The molecule has 1 heteroatoms. The Morgan fingerprint density at radius 2 is 1.24 bits per heavy atom. The maximum Gasteiger partial charge on any atom is 0.0460 e. The lowest BCUT2D eigenvalue weighted by molar-refractivity contribution is 1.48. The number of hydrogen-bond donors (Lipinski definition) is 1. The second kappa shape index (κ2) is 4.61. The van der Waals surface area contributed by atoms with Crippen molar-refractivity contribution in [2.45, 2.75) is 0 Å². The highest BCUT2D eigenvalue weighted by atomic mass is 14.7. The third-order valence-electron chi connectivity index (χ3n) is 5.39. The summed E-state index contributed by atoms with van der Waals surface area (Å²) >= 11 is 0. The highest BCUT2D eigenvalue weighted by Crippen LogP contribution is 2.41. The molecule has 1 N–H and O–H groups in total. The van der Waals surface area contributed by atoms with Crippen LogP contribution in [0, 0.1) is 0 Å². The van der Waals surface area contributed by atoms with Gasteiger partial charge in [-0.1, -0.05) is 66.7 Å². The van der Waals surface area contributed by atoms with E-state index in [1.165, 1.54) is 54.3 Å². The molecule has 0 atom stereocenters. The van der Waals surface area contributed by atoms with Crippen LogP contribution in [0.15, 0.2) is 85.1 Å². The van der Waals surface area contributed by atoms with Gasteiger partial charge in [-0.25, -0.2) is 0 Å². The summed E-state index contributed by atoms with van der Waals surface area (Å²) in [5, 5.41) is 9.28. The number of aromatic nitrogens is 1. The van der Waals surface area contributed by atoms with Gasteiger partial charge in [0.05, 0.1) is 0 Å². The Bertz CT molecular complexity index is 1390. The van der Waals surface area contributed by atoms with Crippen LogP contribution in [0.1, 0.15) is 0 Å². The van der Waals surface area contributed by atoms with E-state index in [2.05, 4.69) is 90.0 Å². The summed E-state index contributed by atoms with van der Waals surface area (Å²) in [7, 11) is 0. The average molecular weight is 317 g/mol. The summed E-state index contributed by atoms with van der Waals surface area (Å²) in [6, 6.07) is 28.6. The zero-order valence-corrected chi connectivity index (χ0v) is 13.6. The van der Waals surface area contributed by atoms with Crippen LogP contribution in [0.25, 0.3) is 54.3 Å². The summed E-state index contributed by atoms with van der Waals surface area (Å²) in [5.74, 6) is 0. The van der Waals surface area contributed by atoms with E-state index < -0.39 is 0 Å². The Kier molecular flexibility index (Phi) is 2.40. The van der Waals surface area contributed by atoms with Crippen LogP contribution in [0.5, 0.6) is 0 Å². The number of para-hydroxylation sites is 1. The number of fused-ring (bicyclic) bond motifs is 1.